The summed E-state index contributed by atoms with van der Waals surface area (Å²) in [6, 6.07) is 11.2. The molecular formula is C14H11Br2NO3S. The minimum absolute atomic E-state index is 0.0397. The molecule has 0 aliphatic heterocycles. The molecule has 0 bridgehead atoms. The first-order valence-corrected chi connectivity index (χ1v) is 8.96. The topological polar surface area (TPSA) is 63.2 Å². The van der Waals surface area contributed by atoms with Gasteiger partial charge >= 0.3 is 0 Å². The van der Waals surface area contributed by atoms with Crippen molar-refractivity contribution in [3.05, 3.63) is 57.0 Å². The van der Waals surface area contributed by atoms with Crippen LogP contribution in [0.1, 0.15) is 17.3 Å². The lowest BCUT2D eigenvalue weighted by Gasteiger charge is -2.12. The van der Waals surface area contributed by atoms with Crippen LogP contribution < -0.4 is 4.72 Å². The number of hydrogen-bond donors (Lipinski definition) is 1. The van der Waals surface area contributed by atoms with Gasteiger partial charge in [0.15, 0.2) is 5.78 Å². The summed E-state index contributed by atoms with van der Waals surface area (Å²) in [5.74, 6) is -0.186. The highest BCUT2D eigenvalue weighted by Crippen LogP contribution is 2.32. The Hall–Kier alpha value is -1.18. The second-order valence-electron chi connectivity index (χ2n) is 4.29. The first-order valence-electron chi connectivity index (χ1n) is 5.89. The summed E-state index contributed by atoms with van der Waals surface area (Å²) in [4.78, 5) is 11.4. The van der Waals surface area contributed by atoms with Crippen LogP contribution in [0.2, 0.25) is 0 Å². The zero-order valence-electron chi connectivity index (χ0n) is 10.9. The summed E-state index contributed by atoms with van der Waals surface area (Å²) in [6.07, 6.45) is 0. The largest absolute Gasteiger partial charge is 0.295 e. The smallest absolute Gasteiger partial charge is 0.261 e. The van der Waals surface area contributed by atoms with Gasteiger partial charge in [0.25, 0.3) is 10.0 Å². The van der Waals surface area contributed by atoms with E-state index in [4.69, 9.17) is 0 Å². The Morgan fingerprint density at radius 1 is 1.05 bits per heavy atom. The van der Waals surface area contributed by atoms with Crippen molar-refractivity contribution in [1.82, 2.24) is 0 Å². The Morgan fingerprint density at radius 3 is 2.19 bits per heavy atom. The number of ketones is 1. The van der Waals surface area contributed by atoms with Gasteiger partial charge in [0.1, 0.15) is 0 Å². The maximum atomic E-state index is 12.4. The van der Waals surface area contributed by atoms with E-state index in [2.05, 4.69) is 36.6 Å². The zero-order valence-corrected chi connectivity index (χ0v) is 14.9. The molecule has 2 rings (SSSR count). The molecule has 0 radical (unpaired) electrons. The highest BCUT2D eigenvalue weighted by Gasteiger charge is 2.18. The van der Waals surface area contributed by atoms with Crippen LogP contribution in [-0.2, 0) is 10.0 Å². The first kappa shape index (κ1) is 16.2. The Balaban J connectivity index is 2.44. The fourth-order valence-corrected chi connectivity index (χ4v) is 4.28. The predicted molar refractivity (Wildman–Crippen MR) is 89.1 cm³/mol. The highest BCUT2D eigenvalue weighted by molar-refractivity contribution is 9.11. The summed E-state index contributed by atoms with van der Waals surface area (Å²) in [7, 11) is -3.78. The zero-order chi connectivity index (χ0) is 15.6. The molecule has 2 aromatic rings. The van der Waals surface area contributed by atoms with Gasteiger partial charge < -0.3 is 0 Å². The lowest BCUT2D eigenvalue weighted by atomic mass is 10.2. The van der Waals surface area contributed by atoms with Crippen LogP contribution in [0.4, 0.5) is 5.69 Å². The molecule has 0 spiro atoms. The van der Waals surface area contributed by atoms with Crippen molar-refractivity contribution >= 4 is 53.4 Å². The standard InChI is InChI=1S/C14H11Br2NO3S/c1-9(18)10-4-2-5-11(8-10)21(19,20)17-14-12(15)6-3-7-13(14)16/h2-8,17H,1H3. The third-order valence-electron chi connectivity index (χ3n) is 2.75. The van der Waals surface area contributed by atoms with Crippen molar-refractivity contribution < 1.29 is 13.2 Å². The van der Waals surface area contributed by atoms with E-state index in [1.807, 2.05) is 0 Å². The second kappa shape index (κ2) is 6.29. The van der Waals surface area contributed by atoms with Crippen molar-refractivity contribution in [3.8, 4) is 0 Å². The average molecular weight is 433 g/mol. The van der Waals surface area contributed by atoms with Gasteiger partial charge in [-0.3, -0.25) is 9.52 Å². The van der Waals surface area contributed by atoms with E-state index >= 15 is 0 Å². The SMILES string of the molecule is CC(=O)c1cccc(S(=O)(=O)Nc2c(Br)cccc2Br)c1. The molecule has 0 aromatic heterocycles. The molecular weight excluding hydrogens is 422 g/mol. The monoisotopic (exact) mass is 431 g/mol. The van der Waals surface area contributed by atoms with Gasteiger partial charge in [-0.15, -0.1) is 0 Å². The van der Waals surface area contributed by atoms with Gasteiger partial charge in [-0.1, -0.05) is 18.2 Å². The van der Waals surface area contributed by atoms with Crippen molar-refractivity contribution in [3.63, 3.8) is 0 Å². The predicted octanol–water partition coefficient (Wildman–Crippen LogP) is 4.22. The third-order valence-corrected chi connectivity index (χ3v) is 5.42. The number of benzene rings is 2. The Kier molecular flexibility index (Phi) is 4.85. The molecule has 21 heavy (non-hydrogen) atoms. The maximum absolute atomic E-state index is 12.4. The minimum atomic E-state index is -3.78. The molecule has 0 atom stereocenters. The van der Waals surface area contributed by atoms with Crippen LogP contribution in [0, 0.1) is 0 Å². The number of rotatable bonds is 4. The molecule has 0 aliphatic rings. The molecule has 4 nitrogen and oxygen atoms in total. The summed E-state index contributed by atoms with van der Waals surface area (Å²) < 4.78 is 28.6. The number of anilines is 1. The van der Waals surface area contributed by atoms with Crippen LogP contribution >= 0.6 is 31.9 Å². The van der Waals surface area contributed by atoms with E-state index in [1.54, 1.807) is 30.3 Å². The number of carbonyl (C=O) groups excluding carboxylic acids is 1. The van der Waals surface area contributed by atoms with E-state index in [0.717, 1.165) is 0 Å². The van der Waals surface area contributed by atoms with Gasteiger partial charge in [0, 0.05) is 14.5 Å². The van der Waals surface area contributed by atoms with Gasteiger partial charge in [-0.05, 0) is 63.0 Å². The fraction of sp³-hybridized carbons (Fsp3) is 0.0714. The average Bonchev–Trinajstić information content (AvgIpc) is 2.43. The molecule has 0 saturated heterocycles. The van der Waals surface area contributed by atoms with Gasteiger partial charge in [0.05, 0.1) is 10.6 Å². The van der Waals surface area contributed by atoms with Crippen LogP contribution in [0.3, 0.4) is 0 Å². The van der Waals surface area contributed by atoms with Crippen molar-refractivity contribution in [2.24, 2.45) is 0 Å². The quantitative estimate of drug-likeness (QED) is 0.735. The Labute approximate surface area is 139 Å². The third kappa shape index (κ3) is 3.72. The molecule has 0 fully saturated rings. The van der Waals surface area contributed by atoms with Gasteiger partial charge in [-0.25, -0.2) is 8.42 Å². The summed E-state index contributed by atoms with van der Waals surface area (Å²) >= 11 is 6.60. The number of para-hydroxylation sites is 1. The molecule has 0 unspecified atom stereocenters. The number of hydrogen-bond acceptors (Lipinski definition) is 3. The molecule has 1 N–H and O–H groups in total. The van der Waals surface area contributed by atoms with Crippen molar-refractivity contribution in [1.29, 1.82) is 0 Å². The maximum Gasteiger partial charge on any atom is 0.261 e. The summed E-state index contributed by atoms with van der Waals surface area (Å²) in [5.41, 5.74) is 0.759. The van der Waals surface area contributed by atoms with Crippen molar-refractivity contribution in [2.45, 2.75) is 11.8 Å². The van der Waals surface area contributed by atoms with E-state index in [-0.39, 0.29) is 10.7 Å². The number of halogens is 2. The van der Waals surface area contributed by atoms with E-state index < -0.39 is 10.0 Å². The molecule has 0 amide bonds. The highest BCUT2D eigenvalue weighted by atomic mass is 79.9. The lowest BCUT2D eigenvalue weighted by Crippen LogP contribution is -2.14. The first-order chi connectivity index (χ1) is 9.81. The molecule has 0 heterocycles. The number of carbonyl (C=O) groups is 1. The van der Waals surface area contributed by atoms with E-state index in [1.165, 1.54) is 19.1 Å². The Morgan fingerprint density at radius 2 is 1.62 bits per heavy atom. The van der Waals surface area contributed by atoms with Crippen molar-refractivity contribution in [2.75, 3.05) is 4.72 Å². The number of nitrogens with one attached hydrogen (secondary N) is 1. The van der Waals surface area contributed by atoms with Crippen LogP contribution in [-0.4, -0.2) is 14.2 Å². The lowest BCUT2D eigenvalue weighted by molar-refractivity contribution is 0.101. The number of sulfonamides is 1. The number of Topliss-reactive ketones (excluding diaryl/α,β-unsaturated/α-hetero) is 1. The molecule has 110 valence electrons. The van der Waals surface area contributed by atoms with Gasteiger partial charge in [-0.2, -0.15) is 0 Å². The minimum Gasteiger partial charge on any atom is -0.295 e. The Bertz CT molecular complexity index is 783. The van der Waals surface area contributed by atoms with Gasteiger partial charge in [0.2, 0.25) is 0 Å². The fourth-order valence-electron chi connectivity index (χ4n) is 1.67. The normalized spacial score (nSPS) is 11.2. The second-order valence-corrected chi connectivity index (χ2v) is 7.68. The van der Waals surface area contributed by atoms with Crippen LogP contribution in [0.25, 0.3) is 0 Å². The van der Waals surface area contributed by atoms with E-state index in [0.29, 0.717) is 20.2 Å². The van der Waals surface area contributed by atoms with Crippen LogP contribution in [0.15, 0.2) is 56.3 Å². The molecule has 0 saturated carbocycles. The summed E-state index contributed by atoms with van der Waals surface area (Å²) in [6.45, 7) is 1.39. The molecule has 2 aromatic carbocycles. The van der Waals surface area contributed by atoms with Crippen LogP contribution in [0.5, 0.6) is 0 Å². The molecule has 7 heteroatoms. The molecule has 0 aliphatic carbocycles. The summed E-state index contributed by atoms with van der Waals surface area (Å²) in [5, 5.41) is 0. The van der Waals surface area contributed by atoms with E-state index in [9.17, 15) is 13.2 Å².